The van der Waals surface area contributed by atoms with Gasteiger partial charge in [-0.05, 0) is 41.7 Å². The Bertz CT molecular complexity index is 1070. The van der Waals surface area contributed by atoms with Crippen molar-refractivity contribution in [2.45, 2.75) is 18.3 Å². The van der Waals surface area contributed by atoms with Crippen LogP contribution in [0.25, 0.3) is 11.1 Å². The van der Waals surface area contributed by atoms with Gasteiger partial charge in [-0.2, -0.15) is 0 Å². The number of hydrogen-bond donors (Lipinski definition) is 1. The van der Waals surface area contributed by atoms with Gasteiger partial charge in [0.1, 0.15) is 11.5 Å². The van der Waals surface area contributed by atoms with Gasteiger partial charge in [0.25, 0.3) is 5.56 Å². The minimum absolute atomic E-state index is 0.117. The number of anilines is 1. The van der Waals surface area contributed by atoms with Crippen LogP contribution in [0.15, 0.2) is 53.3 Å². The summed E-state index contributed by atoms with van der Waals surface area (Å²) in [4.78, 5) is 16.4. The van der Waals surface area contributed by atoms with E-state index >= 15 is 0 Å². The van der Waals surface area contributed by atoms with Crippen molar-refractivity contribution >= 4 is 5.95 Å². The molecule has 0 bridgehead atoms. The first-order chi connectivity index (χ1) is 13.5. The van der Waals surface area contributed by atoms with Crippen LogP contribution in [0.5, 0.6) is 11.5 Å². The molecule has 1 heterocycles. The number of hydrogen-bond acceptors (Lipinski definition) is 5. The summed E-state index contributed by atoms with van der Waals surface area (Å²) in [7, 11) is 4.95. The standard InChI is InChI=1S/C22H23N3O3/c1-25-21(26)12-19(24-22(25)23)18-11-16(18)13-4-6-14(7-5-13)17-10-15(27-2)8-9-20(17)28-3/h4-10,12,16,18H,11H2,1-3H3,(H2,23,24)/t16-,18-/m0/s1. The predicted molar refractivity (Wildman–Crippen MR) is 109 cm³/mol. The van der Waals surface area contributed by atoms with E-state index in [0.717, 1.165) is 34.7 Å². The molecule has 0 unspecified atom stereocenters. The largest absolute Gasteiger partial charge is 0.497 e. The van der Waals surface area contributed by atoms with E-state index in [-0.39, 0.29) is 17.4 Å². The summed E-state index contributed by atoms with van der Waals surface area (Å²) < 4.78 is 12.2. The summed E-state index contributed by atoms with van der Waals surface area (Å²) in [5.41, 5.74) is 9.78. The molecule has 28 heavy (non-hydrogen) atoms. The van der Waals surface area contributed by atoms with Crippen LogP contribution in [0.2, 0.25) is 0 Å². The molecule has 1 aromatic heterocycles. The summed E-state index contributed by atoms with van der Waals surface area (Å²) >= 11 is 0. The summed E-state index contributed by atoms with van der Waals surface area (Å²) in [6.45, 7) is 0. The van der Waals surface area contributed by atoms with Crippen LogP contribution in [0.1, 0.15) is 29.5 Å². The first-order valence-corrected chi connectivity index (χ1v) is 9.17. The van der Waals surface area contributed by atoms with E-state index in [1.54, 1.807) is 27.3 Å². The number of nitrogens with zero attached hydrogens (tertiary/aromatic N) is 2. The van der Waals surface area contributed by atoms with Gasteiger partial charge >= 0.3 is 0 Å². The van der Waals surface area contributed by atoms with Crippen LogP contribution < -0.4 is 20.8 Å². The lowest BCUT2D eigenvalue weighted by molar-refractivity contribution is 0.404. The van der Waals surface area contributed by atoms with Crippen molar-refractivity contribution in [2.75, 3.05) is 20.0 Å². The molecular weight excluding hydrogens is 354 g/mol. The molecule has 2 aromatic carbocycles. The topological polar surface area (TPSA) is 79.4 Å². The van der Waals surface area contributed by atoms with Crippen LogP contribution in [0.3, 0.4) is 0 Å². The zero-order chi connectivity index (χ0) is 19.8. The Morgan fingerprint density at radius 1 is 1.04 bits per heavy atom. The highest BCUT2D eigenvalue weighted by atomic mass is 16.5. The zero-order valence-electron chi connectivity index (χ0n) is 16.2. The predicted octanol–water partition coefficient (Wildman–Crippen LogP) is 3.32. The minimum Gasteiger partial charge on any atom is -0.497 e. The van der Waals surface area contributed by atoms with E-state index in [4.69, 9.17) is 15.2 Å². The molecule has 0 aliphatic heterocycles. The summed E-state index contributed by atoms with van der Waals surface area (Å²) in [6.07, 6.45) is 0.974. The summed E-state index contributed by atoms with van der Waals surface area (Å²) in [5, 5.41) is 0. The molecule has 1 aliphatic rings. The van der Waals surface area contributed by atoms with Crippen LogP contribution in [0.4, 0.5) is 5.95 Å². The van der Waals surface area contributed by atoms with Crippen molar-refractivity contribution in [1.29, 1.82) is 0 Å². The molecule has 1 aliphatic carbocycles. The maximum Gasteiger partial charge on any atom is 0.254 e. The van der Waals surface area contributed by atoms with Crippen molar-refractivity contribution in [3.8, 4) is 22.6 Å². The Kier molecular flexibility index (Phi) is 4.55. The molecule has 6 nitrogen and oxygen atoms in total. The quantitative estimate of drug-likeness (QED) is 0.738. The highest BCUT2D eigenvalue weighted by molar-refractivity contribution is 5.72. The first-order valence-electron chi connectivity index (χ1n) is 9.17. The van der Waals surface area contributed by atoms with Gasteiger partial charge in [0, 0.05) is 24.6 Å². The molecule has 1 fully saturated rings. The average molecular weight is 377 g/mol. The molecule has 0 saturated heterocycles. The lowest BCUT2D eigenvalue weighted by Crippen LogP contribution is -2.21. The molecule has 4 rings (SSSR count). The Hall–Kier alpha value is -3.28. The second kappa shape index (κ2) is 7.03. The zero-order valence-corrected chi connectivity index (χ0v) is 16.2. The van der Waals surface area contributed by atoms with Crippen molar-refractivity contribution in [1.82, 2.24) is 9.55 Å². The number of methoxy groups -OCH3 is 2. The number of nitrogens with two attached hydrogens (primary N) is 1. The molecule has 144 valence electrons. The molecule has 0 radical (unpaired) electrons. The maximum absolute atomic E-state index is 12.0. The molecule has 2 N–H and O–H groups in total. The van der Waals surface area contributed by atoms with Crippen molar-refractivity contribution in [2.24, 2.45) is 7.05 Å². The maximum atomic E-state index is 12.0. The molecule has 6 heteroatoms. The van der Waals surface area contributed by atoms with Gasteiger partial charge in [0.2, 0.25) is 5.95 Å². The highest BCUT2D eigenvalue weighted by Gasteiger charge is 2.41. The van der Waals surface area contributed by atoms with Crippen LogP contribution in [0, 0.1) is 0 Å². The summed E-state index contributed by atoms with van der Waals surface area (Å²) in [6, 6.07) is 15.8. The Balaban J connectivity index is 1.58. The lowest BCUT2D eigenvalue weighted by Gasteiger charge is -2.11. The van der Waals surface area contributed by atoms with Crippen LogP contribution in [-0.2, 0) is 7.05 Å². The smallest absolute Gasteiger partial charge is 0.254 e. The Morgan fingerprint density at radius 2 is 1.79 bits per heavy atom. The lowest BCUT2D eigenvalue weighted by atomic mass is 10.00. The third-order valence-electron chi connectivity index (χ3n) is 5.42. The highest BCUT2D eigenvalue weighted by Crippen LogP contribution is 2.54. The normalized spacial score (nSPS) is 18.0. The molecule has 3 aromatic rings. The second-order valence-corrected chi connectivity index (χ2v) is 7.07. The average Bonchev–Trinajstić information content (AvgIpc) is 3.52. The van der Waals surface area contributed by atoms with E-state index in [0.29, 0.717) is 5.92 Å². The molecule has 1 saturated carbocycles. The van der Waals surface area contributed by atoms with E-state index in [9.17, 15) is 4.79 Å². The van der Waals surface area contributed by atoms with E-state index in [1.165, 1.54) is 10.1 Å². The Labute approximate surface area is 163 Å². The Morgan fingerprint density at radius 3 is 2.43 bits per heavy atom. The fraction of sp³-hybridized carbons (Fsp3) is 0.273. The van der Waals surface area contributed by atoms with Crippen molar-refractivity contribution < 1.29 is 9.47 Å². The van der Waals surface area contributed by atoms with Gasteiger partial charge < -0.3 is 15.2 Å². The van der Waals surface area contributed by atoms with Gasteiger partial charge in [-0.3, -0.25) is 9.36 Å². The molecule has 0 amide bonds. The number of rotatable bonds is 5. The van der Waals surface area contributed by atoms with Gasteiger partial charge in [-0.1, -0.05) is 24.3 Å². The van der Waals surface area contributed by atoms with Gasteiger partial charge in [-0.25, -0.2) is 4.98 Å². The van der Waals surface area contributed by atoms with E-state index < -0.39 is 0 Å². The van der Waals surface area contributed by atoms with Crippen molar-refractivity contribution in [3.63, 3.8) is 0 Å². The minimum atomic E-state index is -0.117. The van der Waals surface area contributed by atoms with Gasteiger partial charge in [0.05, 0.1) is 19.9 Å². The SMILES string of the molecule is COc1ccc(OC)c(-c2ccc([C@@H]3C[C@@H]3c3cc(=O)n(C)c(N)n3)cc2)c1. The first kappa shape index (κ1) is 18.1. The number of nitrogen functional groups attached to an aromatic ring is 1. The molecule has 2 atom stereocenters. The fourth-order valence-corrected chi connectivity index (χ4v) is 3.61. The third kappa shape index (κ3) is 3.22. The van der Waals surface area contributed by atoms with Gasteiger partial charge in [0.15, 0.2) is 0 Å². The monoisotopic (exact) mass is 377 g/mol. The van der Waals surface area contributed by atoms with E-state index in [2.05, 4.69) is 29.2 Å². The van der Waals surface area contributed by atoms with Crippen molar-refractivity contribution in [3.05, 3.63) is 70.1 Å². The molecule has 0 spiro atoms. The third-order valence-corrected chi connectivity index (χ3v) is 5.42. The fourth-order valence-electron chi connectivity index (χ4n) is 3.61. The number of ether oxygens (including phenoxy) is 2. The number of aromatic nitrogens is 2. The summed E-state index contributed by atoms with van der Waals surface area (Å²) in [5.74, 6) is 2.45. The van der Waals surface area contributed by atoms with Crippen LogP contribution in [-0.4, -0.2) is 23.8 Å². The molecular formula is C22H23N3O3. The second-order valence-electron chi connectivity index (χ2n) is 7.07. The van der Waals surface area contributed by atoms with Crippen LogP contribution >= 0.6 is 0 Å². The van der Waals surface area contributed by atoms with Gasteiger partial charge in [-0.15, -0.1) is 0 Å². The number of benzene rings is 2. The van der Waals surface area contributed by atoms with E-state index in [1.807, 2.05) is 18.2 Å².